The maximum Gasteiger partial charge on any atom is 0.268 e. The van der Waals surface area contributed by atoms with E-state index in [-0.39, 0.29) is 5.91 Å². The maximum absolute atomic E-state index is 12.3. The van der Waals surface area contributed by atoms with Crippen LogP contribution in [0.3, 0.4) is 0 Å². The Morgan fingerprint density at radius 3 is 2.72 bits per heavy atom. The third-order valence-corrected chi connectivity index (χ3v) is 3.96. The van der Waals surface area contributed by atoms with Crippen LogP contribution < -0.4 is 10.1 Å². The summed E-state index contributed by atoms with van der Waals surface area (Å²) in [5, 5.41) is 6.69. The second kappa shape index (κ2) is 8.33. The zero-order valence-electron chi connectivity index (χ0n) is 14.3. The summed E-state index contributed by atoms with van der Waals surface area (Å²) in [6, 6.07) is 17.8. The van der Waals surface area contributed by atoms with Crippen molar-refractivity contribution in [2.45, 2.75) is 32.3 Å². The van der Waals surface area contributed by atoms with E-state index in [1.165, 1.54) is 5.56 Å². The zero-order valence-corrected chi connectivity index (χ0v) is 14.3. The molecule has 0 saturated carbocycles. The fraction of sp³-hybridized carbons (Fsp3) is 0.300. The van der Waals surface area contributed by atoms with Crippen LogP contribution in [-0.4, -0.2) is 24.3 Å². The third-order valence-electron chi connectivity index (χ3n) is 3.96. The molecule has 0 radical (unpaired) electrons. The van der Waals surface area contributed by atoms with Gasteiger partial charge in [0.25, 0.3) is 5.91 Å². The van der Waals surface area contributed by atoms with E-state index in [9.17, 15) is 4.79 Å². The molecule has 1 N–H and O–H groups in total. The molecule has 0 unspecified atom stereocenters. The average molecular weight is 338 g/mol. The summed E-state index contributed by atoms with van der Waals surface area (Å²) in [7, 11) is 0. The van der Waals surface area contributed by atoms with Gasteiger partial charge in [-0.2, -0.15) is 0 Å². The van der Waals surface area contributed by atoms with E-state index in [0.29, 0.717) is 24.5 Å². The van der Waals surface area contributed by atoms with Crippen molar-refractivity contribution in [1.29, 1.82) is 0 Å². The normalized spacial score (nSPS) is 16.0. The molecule has 0 bridgehead atoms. The first-order valence-corrected chi connectivity index (χ1v) is 8.48. The van der Waals surface area contributed by atoms with Gasteiger partial charge in [-0.25, -0.2) is 0 Å². The minimum atomic E-state index is -0.564. The van der Waals surface area contributed by atoms with Gasteiger partial charge in [-0.1, -0.05) is 47.6 Å². The maximum atomic E-state index is 12.3. The molecule has 2 aromatic carbocycles. The van der Waals surface area contributed by atoms with Crippen LogP contribution in [0.25, 0.3) is 0 Å². The predicted molar refractivity (Wildman–Crippen MR) is 97.9 cm³/mol. The SMILES string of the molecule is CC1=NO[C@H](C(=O)Nc2ccccc2OCCCc2ccccc2)C1. The standard InChI is InChI=1S/C20H22N2O3/c1-15-14-19(25-22-15)20(23)21-17-11-5-6-12-18(17)24-13-7-10-16-8-3-2-4-9-16/h2-6,8-9,11-12,19H,7,10,13-14H2,1H3,(H,21,23)/t19-/m0/s1. The van der Waals surface area contributed by atoms with E-state index in [1.54, 1.807) is 0 Å². The van der Waals surface area contributed by atoms with E-state index in [4.69, 9.17) is 9.57 Å². The van der Waals surface area contributed by atoms with Crippen LogP contribution in [0.15, 0.2) is 59.8 Å². The van der Waals surface area contributed by atoms with Crippen LogP contribution in [0.5, 0.6) is 5.75 Å². The van der Waals surface area contributed by atoms with Crippen molar-refractivity contribution in [3.8, 4) is 5.75 Å². The highest BCUT2D eigenvalue weighted by molar-refractivity contribution is 5.99. The molecule has 5 heteroatoms. The lowest BCUT2D eigenvalue weighted by atomic mass is 10.1. The quantitative estimate of drug-likeness (QED) is 0.781. The number of ether oxygens (including phenoxy) is 1. The summed E-state index contributed by atoms with van der Waals surface area (Å²) in [6.07, 6.45) is 1.82. The second-order valence-corrected chi connectivity index (χ2v) is 6.05. The van der Waals surface area contributed by atoms with Gasteiger partial charge in [-0.3, -0.25) is 4.79 Å². The van der Waals surface area contributed by atoms with Gasteiger partial charge in [-0.15, -0.1) is 0 Å². The molecule has 0 aliphatic carbocycles. The minimum Gasteiger partial charge on any atom is -0.491 e. The van der Waals surface area contributed by atoms with Crippen molar-refractivity contribution in [1.82, 2.24) is 0 Å². The van der Waals surface area contributed by atoms with Crippen molar-refractivity contribution < 1.29 is 14.4 Å². The number of aryl methyl sites for hydroxylation is 1. The fourth-order valence-corrected chi connectivity index (χ4v) is 2.65. The molecule has 0 aromatic heterocycles. The van der Waals surface area contributed by atoms with Gasteiger partial charge < -0.3 is 14.9 Å². The summed E-state index contributed by atoms with van der Waals surface area (Å²) in [6.45, 7) is 2.43. The number of hydrogen-bond acceptors (Lipinski definition) is 4. The van der Waals surface area contributed by atoms with Crippen LogP contribution in [-0.2, 0) is 16.1 Å². The molecule has 1 heterocycles. The van der Waals surface area contributed by atoms with Gasteiger partial charge in [0.1, 0.15) is 5.75 Å². The summed E-state index contributed by atoms with van der Waals surface area (Å²) in [5.74, 6) is 0.459. The Labute approximate surface area is 147 Å². The van der Waals surface area contributed by atoms with E-state index < -0.39 is 6.10 Å². The number of oxime groups is 1. The highest BCUT2D eigenvalue weighted by Gasteiger charge is 2.26. The number of rotatable bonds is 7. The van der Waals surface area contributed by atoms with E-state index in [1.807, 2.05) is 49.4 Å². The monoisotopic (exact) mass is 338 g/mol. The predicted octanol–water partition coefficient (Wildman–Crippen LogP) is 3.80. The van der Waals surface area contributed by atoms with Gasteiger partial charge >= 0.3 is 0 Å². The lowest BCUT2D eigenvalue weighted by Crippen LogP contribution is -2.27. The second-order valence-electron chi connectivity index (χ2n) is 6.05. The van der Waals surface area contributed by atoms with Gasteiger partial charge in [0.2, 0.25) is 6.10 Å². The Morgan fingerprint density at radius 1 is 1.20 bits per heavy atom. The number of benzene rings is 2. The number of carbonyl (C=O) groups is 1. The fourth-order valence-electron chi connectivity index (χ4n) is 2.65. The number of carbonyl (C=O) groups excluding carboxylic acids is 1. The largest absolute Gasteiger partial charge is 0.491 e. The molecule has 3 rings (SSSR count). The van der Waals surface area contributed by atoms with Gasteiger partial charge in [0.05, 0.1) is 18.0 Å². The van der Waals surface area contributed by atoms with Crippen LogP contribution >= 0.6 is 0 Å². The molecule has 1 aliphatic heterocycles. The van der Waals surface area contributed by atoms with Crippen molar-refractivity contribution in [2.75, 3.05) is 11.9 Å². The van der Waals surface area contributed by atoms with Crippen molar-refractivity contribution >= 4 is 17.3 Å². The Kier molecular flexibility index (Phi) is 5.67. The number of anilines is 1. The molecule has 5 nitrogen and oxygen atoms in total. The van der Waals surface area contributed by atoms with Crippen molar-refractivity contribution in [2.24, 2.45) is 5.16 Å². The van der Waals surface area contributed by atoms with E-state index in [2.05, 4.69) is 22.6 Å². The number of hydrogen-bond donors (Lipinski definition) is 1. The summed E-state index contributed by atoms with van der Waals surface area (Å²) < 4.78 is 5.86. The van der Waals surface area contributed by atoms with Crippen molar-refractivity contribution in [3.63, 3.8) is 0 Å². The van der Waals surface area contributed by atoms with Crippen LogP contribution in [0, 0.1) is 0 Å². The topological polar surface area (TPSA) is 59.9 Å². The first-order chi connectivity index (χ1) is 12.2. The molecule has 0 spiro atoms. The van der Waals surface area contributed by atoms with Gasteiger partial charge in [0, 0.05) is 6.42 Å². The number of para-hydroxylation sites is 2. The van der Waals surface area contributed by atoms with Gasteiger partial charge in [0.15, 0.2) is 0 Å². The van der Waals surface area contributed by atoms with E-state index in [0.717, 1.165) is 18.6 Å². The lowest BCUT2D eigenvalue weighted by molar-refractivity contribution is -0.125. The van der Waals surface area contributed by atoms with Crippen LogP contribution in [0.2, 0.25) is 0 Å². The summed E-state index contributed by atoms with van der Waals surface area (Å²) in [4.78, 5) is 17.4. The first kappa shape index (κ1) is 17.0. The summed E-state index contributed by atoms with van der Waals surface area (Å²) in [5.41, 5.74) is 2.77. The van der Waals surface area contributed by atoms with Crippen LogP contribution in [0.1, 0.15) is 25.3 Å². The van der Waals surface area contributed by atoms with Crippen LogP contribution in [0.4, 0.5) is 5.69 Å². The molecule has 1 aliphatic rings. The third kappa shape index (κ3) is 4.83. The highest BCUT2D eigenvalue weighted by atomic mass is 16.6. The molecule has 1 amide bonds. The Morgan fingerprint density at radius 2 is 1.96 bits per heavy atom. The molecule has 0 fully saturated rings. The Balaban J connectivity index is 1.51. The molecule has 1 atom stereocenters. The number of amides is 1. The average Bonchev–Trinajstić information content (AvgIpc) is 3.07. The van der Waals surface area contributed by atoms with E-state index >= 15 is 0 Å². The lowest BCUT2D eigenvalue weighted by Gasteiger charge is -2.14. The van der Waals surface area contributed by atoms with Crippen molar-refractivity contribution in [3.05, 3.63) is 60.2 Å². The molecule has 0 saturated heterocycles. The molecule has 25 heavy (non-hydrogen) atoms. The van der Waals surface area contributed by atoms with Gasteiger partial charge in [-0.05, 0) is 37.5 Å². The number of nitrogens with one attached hydrogen (secondary N) is 1. The number of nitrogens with zero attached hydrogens (tertiary/aromatic N) is 1. The highest BCUT2D eigenvalue weighted by Crippen LogP contribution is 2.25. The Hall–Kier alpha value is -2.82. The first-order valence-electron chi connectivity index (χ1n) is 8.48. The smallest absolute Gasteiger partial charge is 0.268 e. The minimum absolute atomic E-state index is 0.207. The molecular formula is C20H22N2O3. The molecule has 130 valence electrons. The Bertz CT molecular complexity index is 744. The zero-order chi connectivity index (χ0) is 17.5. The molecule has 2 aromatic rings. The molecular weight excluding hydrogens is 316 g/mol. The summed E-state index contributed by atoms with van der Waals surface area (Å²) >= 11 is 0.